The van der Waals surface area contributed by atoms with Crippen molar-refractivity contribution in [3.8, 4) is 0 Å². The molecule has 1 saturated carbocycles. The van der Waals surface area contributed by atoms with Gasteiger partial charge in [-0.3, -0.25) is 0 Å². The minimum absolute atomic E-state index is 0.171. The van der Waals surface area contributed by atoms with Crippen LogP contribution in [0, 0.1) is 6.92 Å². The molecule has 0 aromatic carbocycles. The van der Waals surface area contributed by atoms with E-state index in [1.807, 2.05) is 20.8 Å². The number of carbonyl (C=O) groups is 1. The second kappa shape index (κ2) is 5.81. The van der Waals surface area contributed by atoms with Crippen molar-refractivity contribution in [1.82, 2.24) is 15.5 Å². The number of hydrogen-bond acceptors (Lipinski definition) is 5. The smallest absolute Gasteiger partial charge is 0.407 e. The van der Waals surface area contributed by atoms with E-state index in [0.29, 0.717) is 11.8 Å². The van der Waals surface area contributed by atoms with Gasteiger partial charge in [0.1, 0.15) is 5.60 Å². The summed E-state index contributed by atoms with van der Waals surface area (Å²) in [5.74, 6) is 1.64. The summed E-state index contributed by atoms with van der Waals surface area (Å²) in [6, 6.07) is 0.171. The molecule has 1 aliphatic rings. The lowest BCUT2D eigenvalue weighted by Crippen LogP contribution is -2.40. The average molecular weight is 281 g/mol. The van der Waals surface area contributed by atoms with Crippen LogP contribution in [0.5, 0.6) is 0 Å². The van der Waals surface area contributed by atoms with E-state index in [1.165, 1.54) is 0 Å². The number of ether oxygens (including phenoxy) is 1. The molecule has 0 atom stereocenters. The van der Waals surface area contributed by atoms with Gasteiger partial charge in [-0.05, 0) is 46.5 Å². The number of amides is 1. The van der Waals surface area contributed by atoms with Crippen LogP contribution in [0.3, 0.4) is 0 Å². The molecule has 0 spiro atoms. The topological polar surface area (TPSA) is 77.2 Å². The van der Waals surface area contributed by atoms with E-state index in [0.717, 1.165) is 31.6 Å². The Kier molecular flexibility index (Phi) is 4.30. The zero-order valence-electron chi connectivity index (χ0n) is 12.6. The lowest BCUT2D eigenvalue weighted by atomic mass is 9.86. The molecule has 0 bridgehead atoms. The second-order valence-electron chi connectivity index (χ2n) is 6.35. The highest BCUT2D eigenvalue weighted by atomic mass is 16.6. The Morgan fingerprint density at radius 1 is 1.25 bits per heavy atom. The molecule has 0 aliphatic heterocycles. The molecule has 1 aromatic rings. The van der Waals surface area contributed by atoms with Crippen molar-refractivity contribution in [3.63, 3.8) is 0 Å². The third-order valence-electron chi connectivity index (χ3n) is 3.34. The van der Waals surface area contributed by atoms with Gasteiger partial charge in [-0.25, -0.2) is 4.79 Å². The summed E-state index contributed by atoms with van der Waals surface area (Å²) >= 11 is 0. The maximum atomic E-state index is 11.7. The van der Waals surface area contributed by atoms with Gasteiger partial charge in [-0.2, -0.15) is 0 Å². The van der Waals surface area contributed by atoms with Gasteiger partial charge in [-0.1, -0.05) is 0 Å². The number of aryl methyl sites for hydroxylation is 1. The van der Waals surface area contributed by atoms with Crippen molar-refractivity contribution < 1.29 is 13.9 Å². The number of hydrogen-bond donors (Lipinski definition) is 1. The Labute approximate surface area is 119 Å². The molecule has 112 valence electrons. The molecule has 1 aliphatic carbocycles. The summed E-state index contributed by atoms with van der Waals surface area (Å²) in [6.07, 6.45) is 3.37. The van der Waals surface area contributed by atoms with E-state index in [1.54, 1.807) is 6.92 Å². The Morgan fingerprint density at radius 2 is 1.90 bits per heavy atom. The third kappa shape index (κ3) is 4.21. The number of nitrogens with one attached hydrogen (secondary N) is 1. The summed E-state index contributed by atoms with van der Waals surface area (Å²) in [5, 5.41) is 10.9. The Hall–Kier alpha value is -1.59. The first-order valence-corrected chi connectivity index (χ1v) is 7.13. The minimum Gasteiger partial charge on any atom is -0.444 e. The molecule has 20 heavy (non-hydrogen) atoms. The van der Waals surface area contributed by atoms with Crippen LogP contribution in [0.1, 0.15) is 64.2 Å². The van der Waals surface area contributed by atoms with Crippen molar-refractivity contribution in [2.24, 2.45) is 0 Å². The minimum atomic E-state index is -0.456. The van der Waals surface area contributed by atoms with E-state index in [-0.39, 0.29) is 12.1 Å². The molecule has 0 unspecified atom stereocenters. The SMILES string of the molecule is Cc1nnc([C@H]2CC[C@H](NC(=O)OC(C)(C)C)CC2)o1. The molecule has 1 heterocycles. The predicted octanol–water partition coefficient (Wildman–Crippen LogP) is 2.93. The fourth-order valence-electron chi connectivity index (χ4n) is 2.44. The summed E-state index contributed by atoms with van der Waals surface area (Å²) < 4.78 is 10.7. The zero-order chi connectivity index (χ0) is 14.8. The largest absolute Gasteiger partial charge is 0.444 e. The van der Waals surface area contributed by atoms with E-state index in [9.17, 15) is 4.79 Å². The summed E-state index contributed by atoms with van der Waals surface area (Å²) in [4.78, 5) is 11.7. The van der Waals surface area contributed by atoms with Crippen LogP contribution in [0.2, 0.25) is 0 Å². The van der Waals surface area contributed by atoms with Crippen molar-refractivity contribution in [3.05, 3.63) is 11.8 Å². The van der Waals surface area contributed by atoms with Gasteiger partial charge in [0.05, 0.1) is 0 Å². The Balaban J connectivity index is 1.78. The standard InChI is InChI=1S/C14H23N3O3/c1-9-16-17-12(19-9)10-5-7-11(8-6-10)15-13(18)20-14(2,3)4/h10-11H,5-8H2,1-4H3,(H,15,18)/t10-,11-. The monoisotopic (exact) mass is 281 g/mol. The average Bonchev–Trinajstić information content (AvgIpc) is 2.74. The number of rotatable bonds is 2. The summed E-state index contributed by atoms with van der Waals surface area (Å²) in [6.45, 7) is 7.39. The van der Waals surface area contributed by atoms with Gasteiger partial charge in [0.25, 0.3) is 0 Å². The van der Waals surface area contributed by atoms with Crippen LogP contribution in [-0.2, 0) is 4.74 Å². The first-order chi connectivity index (χ1) is 9.33. The fraction of sp³-hybridized carbons (Fsp3) is 0.786. The lowest BCUT2D eigenvalue weighted by molar-refractivity contribution is 0.0490. The third-order valence-corrected chi connectivity index (χ3v) is 3.34. The highest BCUT2D eigenvalue weighted by molar-refractivity contribution is 5.68. The molecule has 1 fully saturated rings. The number of carbonyl (C=O) groups excluding carboxylic acids is 1. The van der Waals surface area contributed by atoms with E-state index in [2.05, 4.69) is 15.5 Å². The second-order valence-corrected chi connectivity index (χ2v) is 6.35. The fourth-order valence-corrected chi connectivity index (χ4v) is 2.44. The highest BCUT2D eigenvalue weighted by Crippen LogP contribution is 2.32. The van der Waals surface area contributed by atoms with Crippen LogP contribution in [-0.4, -0.2) is 27.9 Å². The van der Waals surface area contributed by atoms with E-state index < -0.39 is 5.60 Å². The predicted molar refractivity (Wildman–Crippen MR) is 73.4 cm³/mol. The van der Waals surface area contributed by atoms with Gasteiger partial charge in [-0.15, -0.1) is 10.2 Å². The van der Waals surface area contributed by atoms with Gasteiger partial charge < -0.3 is 14.5 Å². The number of alkyl carbamates (subject to hydrolysis) is 1. The first-order valence-electron chi connectivity index (χ1n) is 7.13. The Bertz CT molecular complexity index is 456. The van der Waals surface area contributed by atoms with Crippen LogP contribution in [0.25, 0.3) is 0 Å². The Morgan fingerprint density at radius 3 is 2.40 bits per heavy atom. The van der Waals surface area contributed by atoms with Gasteiger partial charge in [0, 0.05) is 18.9 Å². The normalized spacial score (nSPS) is 23.4. The molecule has 1 N–H and O–H groups in total. The van der Waals surface area contributed by atoms with E-state index in [4.69, 9.17) is 9.15 Å². The lowest BCUT2D eigenvalue weighted by Gasteiger charge is -2.28. The molecule has 0 radical (unpaired) electrons. The molecule has 6 nitrogen and oxygen atoms in total. The number of aromatic nitrogens is 2. The molecule has 6 heteroatoms. The van der Waals surface area contributed by atoms with Gasteiger partial charge in [0.2, 0.25) is 11.8 Å². The molecule has 0 saturated heterocycles. The molecule has 1 aromatic heterocycles. The summed E-state index contributed by atoms with van der Waals surface area (Å²) in [5.41, 5.74) is -0.456. The van der Waals surface area contributed by atoms with Crippen LogP contribution < -0.4 is 5.32 Å². The quantitative estimate of drug-likeness (QED) is 0.901. The van der Waals surface area contributed by atoms with Crippen LogP contribution >= 0.6 is 0 Å². The molecular formula is C14H23N3O3. The van der Waals surface area contributed by atoms with Crippen molar-refractivity contribution in [2.45, 2.75) is 70.9 Å². The van der Waals surface area contributed by atoms with Crippen molar-refractivity contribution in [1.29, 1.82) is 0 Å². The van der Waals surface area contributed by atoms with E-state index >= 15 is 0 Å². The van der Waals surface area contributed by atoms with Crippen molar-refractivity contribution >= 4 is 6.09 Å². The number of nitrogens with zero attached hydrogens (tertiary/aromatic N) is 2. The maximum absolute atomic E-state index is 11.7. The highest BCUT2D eigenvalue weighted by Gasteiger charge is 2.27. The van der Waals surface area contributed by atoms with Crippen LogP contribution in [0.4, 0.5) is 4.79 Å². The maximum Gasteiger partial charge on any atom is 0.407 e. The first kappa shape index (κ1) is 14.8. The summed E-state index contributed by atoms with van der Waals surface area (Å²) in [7, 11) is 0. The van der Waals surface area contributed by atoms with Crippen molar-refractivity contribution in [2.75, 3.05) is 0 Å². The van der Waals surface area contributed by atoms with Gasteiger partial charge >= 0.3 is 6.09 Å². The molecular weight excluding hydrogens is 258 g/mol. The zero-order valence-corrected chi connectivity index (χ0v) is 12.6. The van der Waals surface area contributed by atoms with Crippen LogP contribution in [0.15, 0.2) is 4.42 Å². The molecule has 1 amide bonds. The van der Waals surface area contributed by atoms with Gasteiger partial charge in [0.15, 0.2) is 0 Å². The molecule has 2 rings (SSSR count).